The van der Waals surface area contributed by atoms with E-state index < -0.39 is 36.1 Å². The van der Waals surface area contributed by atoms with E-state index in [0.717, 1.165) is 0 Å². The number of carbonyl (C=O) groups excluding carboxylic acids is 4. The number of hydrogen-bond acceptors (Lipinski definition) is 8. The predicted molar refractivity (Wildman–Crippen MR) is 98.5 cm³/mol. The molecule has 8 heteroatoms. The van der Waals surface area contributed by atoms with Crippen molar-refractivity contribution in [3.8, 4) is 0 Å². The zero-order valence-corrected chi connectivity index (χ0v) is 15.7. The SMILES string of the molecule is C=CCOC(=O)C(C)OC(=O)c1ccccc1C(=O)OC(C)C(=O)OCC=C. The first-order valence-electron chi connectivity index (χ1n) is 8.37. The highest BCUT2D eigenvalue weighted by atomic mass is 16.6. The second-order valence-electron chi connectivity index (χ2n) is 5.48. The number of carbonyl (C=O) groups is 4. The highest BCUT2D eigenvalue weighted by molar-refractivity contribution is 6.04. The Morgan fingerprint density at radius 2 is 1.18 bits per heavy atom. The highest BCUT2D eigenvalue weighted by Crippen LogP contribution is 2.14. The van der Waals surface area contributed by atoms with Crippen LogP contribution in [0.5, 0.6) is 0 Å². The molecule has 150 valence electrons. The van der Waals surface area contributed by atoms with Gasteiger partial charge in [-0.25, -0.2) is 19.2 Å². The molecule has 0 spiro atoms. The van der Waals surface area contributed by atoms with E-state index in [1.807, 2.05) is 0 Å². The van der Waals surface area contributed by atoms with Crippen LogP contribution >= 0.6 is 0 Å². The van der Waals surface area contributed by atoms with Gasteiger partial charge in [-0.1, -0.05) is 37.4 Å². The van der Waals surface area contributed by atoms with Crippen molar-refractivity contribution in [3.63, 3.8) is 0 Å². The number of esters is 4. The average Bonchev–Trinajstić information content (AvgIpc) is 2.69. The third-order valence-electron chi connectivity index (χ3n) is 3.29. The summed E-state index contributed by atoms with van der Waals surface area (Å²) < 4.78 is 19.7. The Balaban J connectivity index is 2.85. The summed E-state index contributed by atoms with van der Waals surface area (Å²) in [5, 5.41) is 0. The quantitative estimate of drug-likeness (QED) is 0.340. The number of ether oxygens (including phenoxy) is 4. The molecule has 28 heavy (non-hydrogen) atoms. The molecule has 0 heterocycles. The van der Waals surface area contributed by atoms with Crippen molar-refractivity contribution >= 4 is 23.9 Å². The topological polar surface area (TPSA) is 105 Å². The van der Waals surface area contributed by atoms with Crippen LogP contribution in [-0.2, 0) is 28.5 Å². The lowest BCUT2D eigenvalue weighted by Crippen LogP contribution is -2.29. The summed E-state index contributed by atoms with van der Waals surface area (Å²) >= 11 is 0. The molecule has 0 saturated carbocycles. The lowest BCUT2D eigenvalue weighted by atomic mass is 10.1. The first kappa shape index (κ1) is 22.6. The Labute approximate surface area is 162 Å². The van der Waals surface area contributed by atoms with E-state index in [9.17, 15) is 19.2 Å². The highest BCUT2D eigenvalue weighted by Gasteiger charge is 2.26. The van der Waals surface area contributed by atoms with Gasteiger partial charge in [-0.05, 0) is 26.0 Å². The molecule has 0 N–H and O–H groups in total. The molecular weight excluding hydrogens is 368 g/mol. The molecule has 8 nitrogen and oxygen atoms in total. The van der Waals surface area contributed by atoms with E-state index in [-0.39, 0.29) is 24.3 Å². The smallest absolute Gasteiger partial charge is 0.347 e. The Hall–Kier alpha value is -3.42. The standard InChI is InChI=1S/C20H22O8/c1-5-11-25-17(21)13(3)27-19(23)15-9-7-8-10-16(15)20(24)28-14(4)18(22)26-12-6-2/h5-10,13-14H,1-2,11-12H2,3-4H3. The molecule has 0 saturated heterocycles. The van der Waals surface area contributed by atoms with E-state index in [4.69, 9.17) is 18.9 Å². The molecule has 1 aromatic carbocycles. The molecule has 0 aliphatic rings. The second-order valence-corrected chi connectivity index (χ2v) is 5.48. The summed E-state index contributed by atoms with van der Waals surface area (Å²) in [6, 6.07) is 5.69. The number of benzene rings is 1. The van der Waals surface area contributed by atoms with Crippen molar-refractivity contribution in [3.05, 3.63) is 60.7 Å². The number of hydrogen-bond donors (Lipinski definition) is 0. The van der Waals surface area contributed by atoms with Crippen molar-refractivity contribution in [2.24, 2.45) is 0 Å². The van der Waals surface area contributed by atoms with Crippen molar-refractivity contribution in [2.45, 2.75) is 26.1 Å². The first-order valence-corrected chi connectivity index (χ1v) is 8.37. The van der Waals surface area contributed by atoms with Gasteiger partial charge in [0.05, 0.1) is 11.1 Å². The van der Waals surface area contributed by atoms with Crippen LogP contribution in [-0.4, -0.2) is 49.3 Å². The summed E-state index contributed by atoms with van der Waals surface area (Å²) in [5.41, 5.74) is -0.245. The molecule has 1 rings (SSSR count). The van der Waals surface area contributed by atoms with E-state index in [0.29, 0.717) is 0 Å². The Kier molecular flexibility index (Phi) is 9.15. The van der Waals surface area contributed by atoms with Crippen LogP contribution in [0.15, 0.2) is 49.6 Å². The maximum Gasteiger partial charge on any atom is 0.347 e. The van der Waals surface area contributed by atoms with Crippen molar-refractivity contribution < 1.29 is 38.1 Å². The normalized spacial score (nSPS) is 12.1. The number of rotatable bonds is 10. The lowest BCUT2D eigenvalue weighted by molar-refractivity contribution is -0.152. The zero-order valence-electron chi connectivity index (χ0n) is 15.7. The second kappa shape index (κ2) is 11.3. The van der Waals surface area contributed by atoms with Crippen molar-refractivity contribution in [1.82, 2.24) is 0 Å². The molecule has 0 aliphatic heterocycles. The molecule has 0 radical (unpaired) electrons. The van der Waals surface area contributed by atoms with Gasteiger partial charge in [0.1, 0.15) is 13.2 Å². The van der Waals surface area contributed by atoms with Gasteiger partial charge in [-0.2, -0.15) is 0 Å². The molecule has 0 fully saturated rings. The maximum absolute atomic E-state index is 12.4. The minimum Gasteiger partial charge on any atom is -0.459 e. The summed E-state index contributed by atoms with van der Waals surface area (Å²) in [5.74, 6) is -3.35. The van der Waals surface area contributed by atoms with E-state index in [2.05, 4.69) is 13.2 Å². The zero-order chi connectivity index (χ0) is 21.1. The van der Waals surface area contributed by atoms with Gasteiger partial charge in [-0.15, -0.1) is 0 Å². The fraction of sp³-hybridized carbons (Fsp3) is 0.300. The summed E-state index contributed by atoms with van der Waals surface area (Å²) in [6.45, 7) is 9.44. The molecule has 1 aromatic rings. The van der Waals surface area contributed by atoms with Gasteiger partial charge in [-0.3, -0.25) is 0 Å². The predicted octanol–water partition coefficient (Wildman–Crippen LogP) is 2.24. The largest absolute Gasteiger partial charge is 0.459 e. The minimum absolute atomic E-state index is 0.0243. The van der Waals surface area contributed by atoms with Crippen LogP contribution in [0.2, 0.25) is 0 Å². The van der Waals surface area contributed by atoms with E-state index >= 15 is 0 Å². The third-order valence-corrected chi connectivity index (χ3v) is 3.29. The van der Waals surface area contributed by atoms with Gasteiger partial charge < -0.3 is 18.9 Å². The van der Waals surface area contributed by atoms with Gasteiger partial charge in [0.15, 0.2) is 12.2 Å². The Bertz CT molecular complexity index is 689. The van der Waals surface area contributed by atoms with Crippen LogP contribution in [0.25, 0.3) is 0 Å². The summed E-state index contributed by atoms with van der Waals surface area (Å²) in [6.07, 6.45) is 0.367. The Morgan fingerprint density at radius 3 is 1.50 bits per heavy atom. The Morgan fingerprint density at radius 1 is 0.821 bits per heavy atom. The average molecular weight is 390 g/mol. The fourth-order valence-electron chi connectivity index (χ4n) is 1.90. The van der Waals surface area contributed by atoms with Gasteiger partial charge in [0.25, 0.3) is 0 Å². The van der Waals surface area contributed by atoms with Crippen LogP contribution in [0.1, 0.15) is 34.6 Å². The van der Waals surface area contributed by atoms with Crippen LogP contribution in [0.4, 0.5) is 0 Å². The summed E-state index contributed by atoms with van der Waals surface area (Å²) in [7, 11) is 0. The van der Waals surface area contributed by atoms with E-state index in [1.165, 1.54) is 50.3 Å². The van der Waals surface area contributed by atoms with Gasteiger partial charge in [0, 0.05) is 0 Å². The van der Waals surface area contributed by atoms with Crippen LogP contribution in [0.3, 0.4) is 0 Å². The molecule has 0 aromatic heterocycles. The molecule has 2 unspecified atom stereocenters. The molecule has 2 atom stereocenters. The molecule has 0 amide bonds. The molecule has 0 bridgehead atoms. The van der Waals surface area contributed by atoms with Crippen LogP contribution < -0.4 is 0 Å². The van der Waals surface area contributed by atoms with Gasteiger partial charge >= 0.3 is 23.9 Å². The first-order chi connectivity index (χ1) is 13.3. The third kappa shape index (κ3) is 6.71. The van der Waals surface area contributed by atoms with Gasteiger partial charge in [0.2, 0.25) is 0 Å². The monoisotopic (exact) mass is 390 g/mol. The van der Waals surface area contributed by atoms with E-state index in [1.54, 1.807) is 0 Å². The molecular formula is C20H22O8. The summed E-state index contributed by atoms with van der Waals surface area (Å²) in [4.78, 5) is 48.1. The lowest BCUT2D eigenvalue weighted by Gasteiger charge is -2.15. The maximum atomic E-state index is 12.4. The van der Waals surface area contributed by atoms with Crippen LogP contribution in [0, 0.1) is 0 Å². The van der Waals surface area contributed by atoms with Crippen molar-refractivity contribution in [1.29, 1.82) is 0 Å². The molecule has 0 aliphatic carbocycles. The van der Waals surface area contributed by atoms with Crippen molar-refractivity contribution in [2.75, 3.05) is 13.2 Å². The minimum atomic E-state index is -1.19. The fourth-order valence-corrected chi connectivity index (χ4v) is 1.90.